The molecule has 0 saturated carbocycles. The summed E-state index contributed by atoms with van der Waals surface area (Å²) in [5.41, 5.74) is 7.28. The lowest BCUT2D eigenvalue weighted by atomic mass is 10.1. The standard InChI is InChI=1S/C23H18ClN3O3/c24-19-10-4-1-7-15(19)14-30-21-12-6-3-9-17(21)22(28)26-27-23(29)18-13-25-20-11-5-2-8-16(18)20/h1-13,25H,14H2,(H,26,28)(H,27,29). The average Bonchev–Trinajstić information content (AvgIpc) is 3.21. The zero-order chi connectivity index (χ0) is 20.9. The first kappa shape index (κ1) is 19.5. The second kappa shape index (κ2) is 8.71. The van der Waals surface area contributed by atoms with Gasteiger partial charge in [0.25, 0.3) is 11.8 Å². The van der Waals surface area contributed by atoms with Crippen molar-refractivity contribution in [1.82, 2.24) is 15.8 Å². The van der Waals surface area contributed by atoms with Gasteiger partial charge >= 0.3 is 0 Å². The third-order valence-electron chi connectivity index (χ3n) is 4.60. The second-order valence-corrected chi connectivity index (χ2v) is 6.94. The fourth-order valence-corrected chi connectivity index (χ4v) is 3.25. The Hall–Kier alpha value is -3.77. The van der Waals surface area contributed by atoms with Crippen LogP contribution in [0.5, 0.6) is 5.75 Å². The molecule has 0 unspecified atom stereocenters. The summed E-state index contributed by atoms with van der Waals surface area (Å²) in [5.74, 6) is -0.524. The number of carbonyl (C=O) groups excluding carboxylic acids is 2. The van der Waals surface area contributed by atoms with Crippen molar-refractivity contribution < 1.29 is 14.3 Å². The predicted molar refractivity (Wildman–Crippen MR) is 115 cm³/mol. The molecule has 2 amide bonds. The summed E-state index contributed by atoms with van der Waals surface area (Å²) in [4.78, 5) is 28.2. The number of hydrazine groups is 1. The van der Waals surface area contributed by atoms with Crippen LogP contribution in [0.2, 0.25) is 5.02 Å². The molecule has 150 valence electrons. The Kier molecular flexibility index (Phi) is 5.68. The van der Waals surface area contributed by atoms with Crippen LogP contribution in [-0.2, 0) is 6.61 Å². The maximum Gasteiger partial charge on any atom is 0.273 e. The Labute approximate surface area is 177 Å². The highest BCUT2D eigenvalue weighted by Gasteiger charge is 2.16. The van der Waals surface area contributed by atoms with Crippen LogP contribution in [0.1, 0.15) is 26.3 Å². The number of ether oxygens (including phenoxy) is 1. The number of amides is 2. The number of aromatic amines is 1. The third-order valence-corrected chi connectivity index (χ3v) is 4.96. The highest BCUT2D eigenvalue weighted by molar-refractivity contribution is 6.31. The molecule has 0 saturated heterocycles. The van der Waals surface area contributed by atoms with Gasteiger partial charge in [0.2, 0.25) is 0 Å². The lowest BCUT2D eigenvalue weighted by Crippen LogP contribution is -2.41. The van der Waals surface area contributed by atoms with Crippen molar-refractivity contribution in [2.45, 2.75) is 6.61 Å². The van der Waals surface area contributed by atoms with Crippen molar-refractivity contribution in [2.24, 2.45) is 0 Å². The van der Waals surface area contributed by atoms with Crippen molar-refractivity contribution in [1.29, 1.82) is 0 Å². The normalized spacial score (nSPS) is 10.6. The molecule has 4 aromatic rings. The third kappa shape index (κ3) is 4.14. The van der Waals surface area contributed by atoms with E-state index in [1.165, 1.54) is 0 Å². The van der Waals surface area contributed by atoms with Crippen LogP contribution in [-0.4, -0.2) is 16.8 Å². The molecule has 1 aromatic heterocycles. The molecule has 0 bridgehead atoms. The van der Waals surface area contributed by atoms with Crippen LogP contribution in [0, 0.1) is 0 Å². The molecular weight excluding hydrogens is 402 g/mol. The van der Waals surface area contributed by atoms with Crippen LogP contribution in [0.3, 0.4) is 0 Å². The summed E-state index contributed by atoms with van der Waals surface area (Å²) >= 11 is 6.16. The quantitative estimate of drug-likeness (QED) is 0.417. The van der Waals surface area contributed by atoms with E-state index in [0.29, 0.717) is 21.9 Å². The average molecular weight is 420 g/mol. The van der Waals surface area contributed by atoms with Gasteiger partial charge in [-0.3, -0.25) is 20.4 Å². The molecule has 0 aliphatic rings. The van der Waals surface area contributed by atoms with E-state index >= 15 is 0 Å². The van der Waals surface area contributed by atoms with E-state index in [4.69, 9.17) is 16.3 Å². The van der Waals surface area contributed by atoms with Gasteiger partial charge in [-0.05, 0) is 24.3 Å². The number of H-pyrrole nitrogens is 1. The molecule has 30 heavy (non-hydrogen) atoms. The first-order chi connectivity index (χ1) is 14.6. The van der Waals surface area contributed by atoms with Crippen LogP contribution in [0.25, 0.3) is 10.9 Å². The van der Waals surface area contributed by atoms with Gasteiger partial charge in [-0.25, -0.2) is 0 Å². The molecule has 7 heteroatoms. The lowest BCUT2D eigenvalue weighted by Gasteiger charge is -2.13. The molecule has 3 aromatic carbocycles. The fraction of sp³-hybridized carbons (Fsp3) is 0.0435. The monoisotopic (exact) mass is 419 g/mol. The highest BCUT2D eigenvalue weighted by atomic mass is 35.5. The van der Waals surface area contributed by atoms with E-state index in [9.17, 15) is 9.59 Å². The first-order valence-corrected chi connectivity index (χ1v) is 9.63. The highest BCUT2D eigenvalue weighted by Crippen LogP contribution is 2.22. The number of rotatable bonds is 5. The smallest absolute Gasteiger partial charge is 0.273 e. The van der Waals surface area contributed by atoms with E-state index in [0.717, 1.165) is 16.5 Å². The molecule has 1 heterocycles. The van der Waals surface area contributed by atoms with Gasteiger partial charge in [-0.15, -0.1) is 0 Å². The maximum absolute atomic E-state index is 12.6. The molecule has 0 atom stereocenters. The molecule has 3 N–H and O–H groups in total. The van der Waals surface area contributed by atoms with E-state index in [-0.39, 0.29) is 6.61 Å². The van der Waals surface area contributed by atoms with Crippen LogP contribution in [0.15, 0.2) is 79.0 Å². The number of fused-ring (bicyclic) bond motifs is 1. The Morgan fingerprint density at radius 1 is 0.833 bits per heavy atom. The molecule has 6 nitrogen and oxygen atoms in total. The van der Waals surface area contributed by atoms with Gasteiger partial charge in [0.1, 0.15) is 12.4 Å². The Balaban J connectivity index is 1.43. The van der Waals surface area contributed by atoms with Gasteiger partial charge in [0.05, 0.1) is 11.1 Å². The number of carbonyl (C=O) groups is 2. The maximum atomic E-state index is 12.6. The summed E-state index contributed by atoms with van der Waals surface area (Å²) in [5, 5.41) is 1.36. The summed E-state index contributed by atoms with van der Waals surface area (Å²) in [6.07, 6.45) is 1.60. The summed E-state index contributed by atoms with van der Waals surface area (Å²) < 4.78 is 5.80. The fourth-order valence-electron chi connectivity index (χ4n) is 3.06. The number of para-hydroxylation sites is 2. The number of hydrogen-bond acceptors (Lipinski definition) is 3. The van der Waals surface area contributed by atoms with Crippen LogP contribution >= 0.6 is 11.6 Å². The topological polar surface area (TPSA) is 83.2 Å². The van der Waals surface area contributed by atoms with Gasteiger partial charge in [-0.2, -0.15) is 0 Å². The second-order valence-electron chi connectivity index (χ2n) is 6.53. The Morgan fingerprint density at radius 2 is 1.50 bits per heavy atom. The summed E-state index contributed by atoms with van der Waals surface area (Å²) in [7, 11) is 0. The zero-order valence-electron chi connectivity index (χ0n) is 15.8. The van der Waals surface area contributed by atoms with Crippen molar-refractivity contribution in [2.75, 3.05) is 0 Å². The van der Waals surface area contributed by atoms with Gasteiger partial charge in [0.15, 0.2) is 0 Å². The van der Waals surface area contributed by atoms with Crippen LogP contribution < -0.4 is 15.6 Å². The van der Waals surface area contributed by atoms with E-state index in [2.05, 4.69) is 15.8 Å². The minimum Gasteiger partial charge on any atom is -0.488 e. The molecule has 0 aliphatic carbocycles. The predicted octanol–water partition coefficient (Wildman–Crippen LogP) is 4.48. The molecule has 0 fully saturated rings. The number of halogens is 1. The number of aromatic nitrogens is 1. The number of nitrogens with one attached hydrogen (secondary N) is 3. The molecule has 0 radical (unpaired) electrons. The molecule has 0 spiro atoms. The molecule has 0 aliphatic heterocycles. The van der Waals surface area contributed by atoms with E-state index < -0.39 is 11.8 Å². The minimum atomic E-state index is -0.488. The van der Waals surface area contributed by atoms with Crippen molar-refractivity contribution in [3.63, 3.8) is 0 Å². The van der Waals surface area contributed by atoms with E-state index in [1.807, 2.05) is 42.5 Å². The van der Waals surface area contributed by atoms with Gasteiger partial charge in [0, 0.05) is 27.7 Å². The van der Waals surface area contributed by atoms with Crippen molar-refractivity contribution >= 4 is 34.3 Å². The summed E-state index contributed by atoms with van der Waals surface area (Å²) in [6.45, 7) is 0.214. The molecular formula is C23H18ClN3O3. The number of benzene rings is 3. The van der Waals surface area contributed by atoms with Crippen molar-refractivity contribution in [3.8, 4) is 5.75 Å². The van der Waals surface area contributed by atoms with Crippen LogP contribution in [0.4, 0.5) is 0 Å². The largest absolute Gasteiger partial charge is 0.488 e. The van der Waals surface area contributed by atoms with Gasteiger partial charge in [-0.1, -0.05) is 60.1 Å². The minimum absolute atomic E-state index is 0.214. The van der Waals surface area contributed by atoms with Gasteiger partial charge < -0.3 is 9.72 Å². The Bertz CT molecular complexity index is 1220. The SMILES string of the molecule is O=C(NNC(=O)c1c[nH]c2ccccc12)c1ccccc1OCc1ccccc1Cl. The zero-order valence-corrected chi connectivity index (χ0v) is 16.6. The first-order valence-electron chi connectivity index (χ1n) is 9.25. The van der Waals surface area contributed by atoms with E-state index in [1.54, 1.807) is 36.5 Å². The number of hydrogen-bond donors (Lipinski definition) is 3. The Morgan fingerprint density at radius 3 is 2.33 bits per heavy atom. The summed E-state index contributed by atoms with van der Waals surface area (Å²) in [6, 6.07) is 21.6. The van der Waals surface area contributed by atoms with Crippen molar-refractivity contribution in [3.05, 3.63) is 101 Å². The lowest BCUT2D eigenvalue weighted by molar-refractivity contribution is 0.0845. The molecule has 4 rings (SSSR count).